The summed E-state index contributed by atoms with van der Waals surface area (Å²) in [4.78, 5) is 5.83. The summed E-state index contributed by atoms with van der Waals surface area (Å²) in [7, 11) is 1.73. The van der Waals surface area contributed by atoms with E-state index >= 15 is 0 Å². The van der Waals surface area contributed by atoms with Crippen LogP contribution in [0, 0.1) is 0 Å². The topological polar surface area (TPSA) is 67.2 Å². The van der Waals surface area contributed by atoms with Gasteiger partial charge in [0.2, 0.25) is 5.03 Å². The summed E-state index contributed by atoms with van der Waals surface area (Å²) in [6.07, 6.45) is 1.36. The van der Waals surface area contributed by atoms with Crippen LogP contribution in [0.3, 0.4) is 0 Å². The van der Waals surface area contributed by atoms with Crippen molar-refractivity contribution < 1.29 is 8.42 Å². The number of imidazole rings is 1. The first-order valence-corrected chi connectivity index (χ1v) is 8.09. The van der Waals surface area contributed by atoms with Crippen molar-refractivity contribution in [1.82, 2.24) is 14.5 Å². The van der Waals surface area contributed by atoms with Gasteiger partial charge < -0.3 is 9.47 Å². The first-order chi connectivity index (χ1) is 9.79. The Morgan fingerprint density at radius 2 is 2.10 bits per heavy atom. The summed E-state index contributed by atoms with van der Waals surface area (Å²) in [6, 6.07) is 7.21. The highest BCUT2D eigenvalue weighted by Crippen LogP contribution is 2.22. The van der Waals surface area contributed by atoms with E-state index in [0.717, 1.165) is 12.1 Å². The molecular formula is C13H17ClN4O2S. The third-order valence-corrected chi connectivity index (χ3v) is 4.64. The first-order valence-electron chi connectivity index (χ1n) is 6.23. The van der Waals surface area contributed by atoms with Gasteiger partial charge >= 0.3 is 0 Å². The minimum absolute atomic E-state index is 0.0759. The molecule has 0 amide bonds. The predicted molar refractivity (Wildman–Crippen MR) is 82.9 cm³/mol. The minimum atomic E-state index is -3.80. The maximum atomic E-state index is 12.3. The van der Waals surface area contributed by atoms with Crippen molar-refractivity contribution in [2.24, 2.45) is 7.05 Å². The monoisotopic (exact) mass is 328 g/mol. The molecule has 1 aromatic heterocycles. The molecule has 0 bridgehead atoms. The van der Waals surface area contributed by atoms with Gasteiger partial charge in [0, 0.05) is 19.3 Å². The first kappa shape index (κ1) is 15.8. The van der Waals surface area contributed by atoms with Gasteiger partial charge in [-0.15, -0.1) is 0 Å². The zero-order valence-corrected chi connectivity index (χ0v) is 13.6. The van der Waals surface area contributed by atoms with Crippen molar-refractivity contribution in [1.29, 1.82) is 0 Å². The van der Waals surface area contributed by atoms with Crippen molar-refractivity contribution in [3.8, 4) is 0 Å². The lowest BCUT2D eigenvalue weighted by molar-refractivity contribution is 0.402. The van der Waals surface area contributed by atoms with Crippen molar-refractivity contribution in [2.45, 2.75) is 11.6 Å². The normalized spacial score (nSPS) is 11.9. The molecule has 114 valence electrons. The molecule has 1 heterocycles. The summed E-state index contributed by atoms with van der Waals surface area (Å²) < 4.78 is 28.5. The second-order valence-corrected chi connectivity index (χ2v) is 6.95. The fourth-order valence-corrected chi connectivity index (χ4v) is 3.36. The molecule has 0 radical (unpaired) electrons. The standard InChI is InChI=1S/C13H17ClN4O2S/c1-17(2)8-10-5-4-6-11(7-10)16-21(19,20)13-12(14)18(3)9-15-13/h4-7,9,16H,8H2,1-3H3. The maximum Gasteiger partial charge on any atom is 0.282 e. The van der Waals surface area contributed by atoms with E-state index in [-0.39, 0.29) is 10.2 Å². The van der Waals surface area contributed by atoms with E-state index in [1.807, 2.05) is 25.1 Å². The number of aryl methyl sites for hydroxylation is 1. The van der Waals surface area contributed by atoms with E-state index in [1.54, 1.807) is 25.2 Å². The Kier molecular flexibility index (Phi) is 4.55. The molecule has 0 aliphatic rings. The van der Waals surface area contributed by atoms with Gasteiger partial charge in [-0.3, -0.25) is 4.72 Å². The van der Waals surface area contributed by atoms with Crippen molar-refractivity contribution in [3.05, 3.63) is 41.3 Å². The van der Waals surface area contributed by atoms with E-state index in [1.165, 1.54) is 10.9 Å². The number of rotatable bonds is 5. The fraction of sp³-hybridized carbons (Fsp3) is 0.308. The summed E-state index contributed by atoms with van der Waals surface area (Å²) in [6.45, 7) is 0.722. The number of anilines is 1. The van der Waals surface area contributed by atoms with Crippen molar-refractivity contribution >= 4 is 27.3 Å². The summed E-state index contributed by atoms with van der Waals surface area (Å²) in [5, 5.41) is -0.100. The Hall–Kier alpha value is -1.57. The Balaban J connectivity index is 2.27. The van der Waals surface area contributed by atoms with Crippen LogP contribution in [0.5, 0.6) is 0 Å². The number of hydrogen-bond acceptors (Lipinski definition) is 4. The van der Waals surface area contributed by atoms with Crippen LogP contribution < -0.4 is 4.72 Å². The van der Waals surface area contributed by atoms with E-state index < -0.39 is 10.0 Å². The lowest BCUT2D eigenvalue weighted by atomic mass is 10.2. The smallest absolute Gasteiger partial charge is 0.282 e. The Morgan fingerprint density at radius 3 is 2.67 bits per heavy atom. The molecule has 21 heavy (non-hydrogen) atoms. The average molecular weight is 329 g/mol. The van der Waals surface area contributed by atoms with E-state index in [4.69, 9.17) is 11.6 Å². The fourth-order valence-electron chi connectivity index (χ4n) is 1.88. The molecule has 0 aliphatic carbocycles. The van der Waals surface area contributed by atoms with Crippen molar-refractivity contribution in [2.75, 3.05) is 18.8 Å². The van der Waals surface area contributed by atoms with Crippen LogP contribution in [0.4, 0.5) is 5.69 Å². The van der Waals surface area contributed by atoms with E-state index in [0.29, 0.717) is 5.69 Å². The van der Waals surface area contributed by atoms with Crippen LogP contribution in [-0.2, 0) is 23.6 Å². The summed E-state index contributed by atoms with van der Waals surface area (Å²) in [5.41, 5.74) is 1.49. The number of sulfonamides is 1. The van der Waals surface area contributed by atoms with Gasteiger partial charge in [0.25, 0.3) is 10.0 Å². The largest absolute Gasteiger partial charge is 0.324 e. The van der Waals surface area contributed by atoms with Gasteiger partial charge in [-0.1, -0.05) is 23.7 Å². The second-order valence-electron chi connectivity index (χ2n) is 5.00. The van der Waals surface area contributed by atoms with Gasteiger partial charge in [0.1, 0.15) is 5.15 Å². The number of nitrogens with one attached hydrogen (secondary N) is 1. The van der Waals surface area contributed by atoms with Crippen LogP contribution in [0.2, 0.25) is 5.15 Å². The molecule has 0 atom stereocenters. The quantitative estimate of drug-likeness (QED) is 0.910. The number of nitrogens with zero attached hydrogens (tertiary/aromatic N) is 3. The molecule has 0 unspecified atom stereocenters. The van der Waals surface area contributed by atoms with Gasteiger partial charge in [0.05, 0.1) is 6.33 Å². The molecule has 0 spiro atoms. The molecule has 2 aromatic rings. The highest BCUT2D eigenvalue weighted by molar-refractivity contribution is 7.92. The highest BCUT2D eigenvalue weighted by atomic mass is 35.5. The average Bonchev–Trinajstić information content (AvgIpc) is 2.69. The van der Waals surface area contributed by atoms with Crippen LogP contribution >= 0.6 is 11.6 Å². The molecule has 0 aliphatic heterocycles. The van der Waals surface area contributed by atoms with E-state index in [2.05, 4.69) is 9.71 Å². The summed E-state index contributed by atoms with van der Waals surface area (Å²) in [5.74, 6) is 0. The maximum absolute atomic E-state index is 12.3. The molecule has 1 N–H and O–H groups in total. The third kappa shape index (κ3) is 3.75. The number of hydrogen-bond donors (Lipinski definition) is 1. The molecule has 8 heteroatoms. The summed E-state index contributed by atoms with van der Waals surface area (Å²) >= 11 is 5.93. The molecular weight excluding hydrogens is 312 g/mol. The zero-order valence-electron chi connectivity index (χ0n) is 12.0. The Labute approximate surface area is 129 Å². The molecule has 0 fully saturated rings. The van der Waals surface area contributed by atoms with Crippen LogP contribution in [0.15, 0.2) is 35.6 Å². The third-order valence-electron chi connectivity index (χ3n) is 2.77. The molecule has 0 saturated carbocycles. The lowest BCUT2D eigenvalue weighted by Gasteiger charge is -2.12. The molecule has 2 rings (SSSR count). The SMILES string of the molecule is CN(C)Cc1cccc(NS(=O)(=O)c2ncn(C)c2Cl)c1. The number of benzene rings is 1. The zero-order chi connectivity index (χ0) is 15.6. The number of aromatic nitrogens is 2. The minimum Gasteiger partial charge on any atom is -0.324 e. The second kappa shape index (κ2) is 6.05. The van der Waals surface area contributed by atoms with Gasteiger partial charge in [-0.2, -0.15) is 8.42 Å². The molecule has 0 saturated heterocycles. The van der Waals surface area contributed by atoms with E-state index in [9.17, 15) is 8.42 Å². The van der Waals surface area contributed by atoms with Gasteiger partial charge in [-0.05, 0) is 31.8 Å². The lowest BCUT2D eigenvalue weighted by Crippen LogP contribution is -2.15. The molecule has 1 aromatic carbocycles. The van der Waals surface area contributed by atoms with Crippen LogP contribution in [0.25, 0.3) is 0 Å². The van der Waals surface area contributed by atoms with Crippen molar-refractivity contribution in [3.63, 3.8) is 0 Å². The highest BCUT2D eigenvalue weighted by Gasteiger charge is 2.22. The molecule has 6 nitrogen and oxygen atoms in total. The Morgan fingerprint density at radius 1 is 1.38 bits per heavy atom. The van der Waals surface area contributed by atoms with Crippen LogP contribution in [-0.4, -0.2) is 37.0 Å². The van der Waals surface area contributed by atoms with Gasteiger partial charge in [-0.25, -0.2) is 4.98 Å². The van der Waals surface area contributed by atoms with Gasteiger partial charge in [0.15, 0.2) is 0 Å². The van der Waals surface area contributed by atoms with Crippen LogP contribution in [0.1, 0.15) is 5.56 Å². The number of halogens is 1. The predicted octanol–water partition coefficient (Wildman–Crippen LogP) is 1.94. The Bertz CT molecular complexity index is 740.